The second-order valence-electron chi connectivity index (χ2n) is 5.53. The Morgan fingerprint density at radius 2 is 1.87 bits per heavy atom. The van der Waals surface area contributed by atoms with Crippen LogP contribution in [0.5, 0.6) is 11.5 Å². The summed E-state index contributed by atoms with van der Waals surface area (Å²) in [6, 6.07) is 13.9. The van der Waals surface area contributed by atoms with Crippen molar-refractivity contribution in [1.82, 2.24) is 4.98 Å². The predicted molar refractivity (Wildman–Crippen MR) is 95.3 cm³/mol. The van der Waals surface area contributed by atoms with Crippen molar-refractivity contribution >= 4 is 21.6 Å². The van der Waals surface area contributed by atoms with Crippen LogP contribution in [0.1, 0.15) is 13.8 Å². The van der Waals surface area contributed by atoms with Crippen LogP contribution in [0, 0.1) is 0 Å². The van der Waals surface area contributed by atoms with Gasteiger partial charge < -0.3 is 15.2 Å². The van der Waals surface area contributed by atoms with Crippen LogP contribution < -0.4 is 15.2 Å². The lowest BCUT2D eigenvalue weighted by molar-refractivity contribution is 0.189. The molecule has 2 aromatic carbocycles. The number of rotatable bonds is 5. The number of nitrogens with zero attached hydrogens (tertiary/aromatic N) is 1. The lowest BCUT2D eigenvalue weighted by atomic mass is 10.2. The van der Waals surface area contributed by atoms with Crippen molar-refractivity contribution in [2.24, 2.45) is 5.73 Å². The number of hydrogen-bond donors (Lipinski definition) is 1. The summed E-state index contributed by atoms with van der Waals surface area (Å²) in [5.74, 6) is 1.39. The van der Waals surface area contributed by atoms with E-state index in [1.54, 1.807) is 18.4 Å². The van der Waals surface area contributed by atoms with Gasteiger partial charge in [-0.1, -0.05) is 12.1 Å². The Morgan fingerprint density at radius 3 is 2.57 bits per heavy atom. The Morgan fingerprint density at radius 1 is 1.09 bits per heavy atom. The van der Waals surface area contributed by atoms with E-state index >= 15 is 0 Å². The molecule has 0 saturated carbocycles. The molecule has 1 heterocycles. The molecule has 0 radical (unpaired) electrons. The minimum Gasteiger partial charge on any atom is -0.493 e. The van der Waals surface area contributed by atoms with Crippen molar-refractivity contribution in [1.29, 1.82) is 0 Å². The Hall–Kier alpha value is -2.11. The third-order valence-corrected chi connectivity index (χ3v) is 4.84. The number of aromatic nitrogens is 1. The number of ether oxygens (including phenoxy) is 2. The van der Waals surface area contributed by atoms with Gasteiger partial charge in [-0.2, -0.15) is 0 Å². The average Bonchev–Trinajstić information content (AvgIpc) is 2.98. The number of thiazole rings is 1. The second kappa shape index (κ2) is 6.56. The number of methoxy groups -OCH3 is 1. The lowest BCUT2D eigenvalue weighted by Gasteiger charge is -2.20. The fourth-order valence-electron chi connectivity index (χ4n) is 2.21. The highest BCUT2D eigenvalue weighted by atomic mass is 32.1. The number of nitrogens with two attached hydrogens (primary N) is 1. The van der Waals surface area contributed by atoms with Crippen molar-refractivity contribution in [3.8, 4) is 22.1 Å². The van der Waals surface area contributed by atoms with E-state index in [0.717, 1.165) is 16.1 Å². The van der Waals surface area contributed by atoms with Gasteiger partial charge in [0, 0.05) is 11.6 Å². The van der Waals surface area contributed by atoms with E-state index in [-0.39, 0.29) is 12.1 Å². The van der Waals surface area contributed by atoms with Crippen LogP contribution >= 0.6 is 11.3 Å². The predicted octanol–water partition coefficient (Wildman–Crippen LogP) is 4.09. The van der Waals surface area contributed by atoms with E-state index in [1.165, 1.54) is 4.70 Å². The molecular formula is C18H20N2O2S. The van der Waals surface area contributed by atoms with Crippen LogP contribution in [0.3, 0.4) is 0 Å². The first-order valence-corrected chi connectivity index (χ1v) is 8.36. The number of fused-ring (bicyclic) bond motifs is 1. The molecule has 0 aliphatic heterocycles. The molecule has 23 heavy (non-hydrogen) atoms. The zero-order valence-corrected chi connectivity index (χ0v) is 14.3. The number of para-hydroxylation sites is 1. The molecule has 4 nitrogen and oxygen atoms in total. The van der Waals surface area contributed by atoms with Crippen molar-refractivity contribution in [3.63, 3.8) is 0 Å². The summed E-state index contributed by atoms with van der Waals surface area (Å²) in [7, 11) is 1.64. The van der Waals surface area contributed by atoms with Crippen LogP contribution in [0.2, 0.25) is 0 Å². The molecule has 5 heteroatoms. The quantitative estimate of drug-likeness (QED) is 0.766. The molecule has 1 aromatic heterocycles. The fraction of sp³-hybridized carbons (Fsp3) is 0.278. The third kappa shape index (κ3) is 3.30. The van der Waals surface area contributed by atoms with Gasteiger partial charge in [-0.25, -0.2) is 4.98 Å². The van der Waals surface area contributed by atoms with Crippen molar-refractivity contribution in [3.05, 3.63) is 42.5 Å². The van der Waals surface area contributed by atoms with Gasteiger partial charge >= 0.3 is 0 Å². The van der Waals surface area contributed by atoms with E-state index in [1.807, 2.05) is 50.2 Å². The Kier molecular flexibility index (Phi) is 4.50. The molecule has 3 rings (SSSR count). The average molecular weight is 328 g/mol. The van der Waals surface area contributed by atoms with Crippen molar-refractivity contribution in [2.75, 3.05) is 7.11 Å². The minimum absolute atomic E-state index is 0.0641. The Balaban J connectivity index is 1.99. The maximum absolute atomic E-state index is 5.96. The topological polar surface area (TPSA) is 57.4 Å². The monoisotopic (exact) mass is 328 g/mol. The van der Waals surface area contributed by atoms with Gasteiger partial charge in [0.1, 0.15) is 11.1 Å². The fourth-order valence-corrected chi connectivity index (χ4v) is 3.17. The zero-order chi connectivity index (χ0) is 16.4. The molecule has 2 unspecified atom stereocenters. The van der Waals surface area contributed by atoms with Gasteiger partial charge in [0.25, 0.3) is 0 Å². The zero-order valence-electron chi connectivity index (χ0n) is 13.4. The molecule has 0 spiro atoms. The molecule has 3 aromatic rings. The van der Waals surface area contributed by atoms with Gasteiger partial charge in [-0.05, 0) is 44.2 Å². The molecule has 2 N–H and O–H groups in total. The van der Waals surface area contributed by atoms with Gasteiger partial charge in [0.2, 0.25) is 0 Å². The summed E-state index contributed by atoms with van der Waals surface area (Å²) in [5.41, 5.74) is 7.92. The van der Waals surface area contributed by atoms with Gasteiger partial charge in [-0.3, -0.25) is 0 Å². The standard InChI is InChI=1S/C18H20N2O2S/c1-11(19)12(2)22-16-10-13(8-9-15(16)21-3)18-20-14-6-4-5-7-17(14)23-18/h4-12H,19H2,1-3H3. The van der Waals surface area contributed by atoms with E-state index in [2.05, 4.69) is 6.07 Å². The number of benzene rings is 2. The first-order chi connectivity index (χ1) is 11.1. The molecule has 2 atom stereocenters. The molecule has 0 fully saturated rings. The van der Waals surface area contributed by atoms with Crippen LogP contribution in [0.25, 0.3) is 20.8 Å². The SMILES string of the molecule is COc1ccc(-c2nc3ccccc3s2)cc1OC(C)C(C)N. The van der Waals surface area contributed by atoms with Crippen LogP contribution in [-0.2, 0) is 0 Å². The minimum atomic E-state index is -0.102. The summed E-state index contributed by atoms with van der Waals surface area (Å²) >= 11 is 1.67. The van der Waals surface area contributed by atoms with Gasteiger partial charge in [0.05, 0.1) is 17.3 Å². The summed E-state index contributed by atoms with van der Waals surface area (Å²) in [6.45, 7) is 3.88. The maximum Gasteiger partial charge on any atom is 0.162 e. The summed E-state index contributed by atoms with van der Waals surface area (Å²) < 4.78 is 12.5. The second-order valence-corrected chi connectivity index (χ2v) is 6.57. The van der Waals surface area contributed by atoms with E-state index in [4.69, 9.17) is 20.2 Å². The maximum atomic E-state index is 5.96. The van der Waals surface area contributed by atoms with Crippen LogP contribution in [0.4, 0.5) is 0 Å². The molecule has 0 saturated heterocycles. The highest BCUT2D eigenvalue weighted by Gasteiger charge is 2.15. The Bertz CT molecular complexity index is 781. The summed E-state index contributed by atoms with van der Waals surface area (Å²) in [5, 5.41) is 0.965. The Labute approximate surface area is 139 Å². The van der Waals surface area contributed by atoms with E-state index in [0.29, 0.717) is 11.5 Å². The molecular weight excluding hydrogens is 308 g/mol. The lowest BCUT2D eigenvalue weighted by Crippen LogP contribution is -2.33. The van der Waals surface area contributed by atoms with Gasteiger partial charge in [0.15, 0.2) is 11.5 Å². The molecule has 0 amide bonds. The summed E-state index contributed by atoms with van der Waals surface area (Å²) in [4.78, 5) is 4.69. The largest absolute Gasteiger partial charge is 0.493 e. The third-order valence-electron chi connectivity index (χ3n) is 3.76. The molecule has 0 bridgehead atoms. The van der Waals surface area contributed by atoms with Gasteiger partial charge in [-0.15, -0.1) is 11.3 Å². The molecule has 0 aliphatic carbocycles. The first-order valence-electron chi connectivity index (χ1n) is 7.54. The first kappa shape index (κ1) is 15.8. The smallest absolute Gasteiger partial charge is 0.162 e. The van der Waals surface area contributed by atoms with Crippen molar-refractivity contribution in [2.45, 2.75) is 26.0 Å². The number of hydrogen-bond acceptors (Lipinski definition) is 5. The van der Waals surface area contributed by atoms with Crippen LogP contribution in [-0.4, -0.2) is 24.2 Å². The normalized spacial score (nSPS) is 13.7. The molecule has 120 valence electrons. The molecule has 0 aliphatic rings. The summed E-state index contributed by atoms with van der Waals surface area (Å²) in [6.07, 6.45) is -0.102. The van der Waals surface area contributed by atoms with Crippen molar-refractivity contribution < 1.29 is 9.47 Å². The highest BCUT2D eigenvalue weighted by Crippen LogP contribution is 2.36. The highest BCUT2D eigenvalue weighted by molar-refractivity contribution is 7.21. The van der Waals surface area contributed by atoms with Crippen LogP contribution in [0.15, 0.2) is 42.5 Å². The van der Waals surface area contributed by atoms with E-state index < -0.39 is 0 Å². The van der Waals surface area contributed by atoms with E-state index in [9.17, 15) is 0 Å².